The van der Waals surface area contributed by atoms with E-state index in [1.807, 2.05) is 18.2 Å². The lowest BCUT2D eigenvalue weighted by Crippen LogP contribution is -2.22. The number of fused-ring (bicyclic) bond motifs is 1. The summed E-state index contributed by atoms with van der Waals surface area (Å²) >= 11 is 12.5. The van der Waals surface area contributed by atoms with E-state index in [4.69, 9.17) is 23.2 Å². The van der Waals surface area contributed by atoms with Crippen LogP contribution in [0, 0.1) is 0 Å². The third-order valence-corrected chi connectivity index (χ3v) is 4.09. The summed E-state index contributed by atoms with van der Waals surface area (Å²) < 4.78 is 0. The molecule has 0 saturated carbocycles. The molecule has 0 fully saturated rings. The van der Waals surface area contributed by atoms with E-state index in [2.05, 4.69) is 9.97 Å². The number of aromatic nitrogens is 2. The molecule has 6 heteroatoms. The van der Waals surface area contributed by atoms with E-state index in [1.165, 1.54) is 0 Å². The van der Waals surface area contributed by atoms with Gasteiger partial charge in [0.1, 0.15) is 0 Å². The Morgan fingerprint density at radius 2 is 1.95 bits per heavy atom. The van der Waals surface area contributed by atoms with E-state index in [-0.39, 0.29) is 12.8 Å². The van der Waals surface area contributed by atoms with Crippen LogP contribution in [0.1, 0.15) is 12.0 Å². The van der Waals surface area contributed by atoms with Crippen molar-refractivity contribution in [2.75, 3.05) is 0 Å². The first-order chi connectivity index (χ1) is 10.6. The molecule has 0 aliphatic rings. The number of hydrogen-bond donors (Lipinski definition) is 1. The van der Waals surface area contributed by atoms with Gasteiger partial charge in [-0.15, -0.1) is 0 Å². The standard InChI is InChI=1S/C16H12Cl2N2O2/c17-10-5-6-11(18)16-14(10)9(4-7-13(21)22)15(20-16)12-3-1-2-8-19-12/h1-3,5-6,8,20H,4,7H2,(H,21,22)/p-1. The van der Waals surface area contributed by atoms with Gasteiger partial charge in [0.25, 0.3) is 0 Å². The molecule has 1 aromatic carbocycles. The van der Waals surface area contributed by atoms with Crippen LogP contribution in [0.3, 0.4) is 0 Å². The lowest BCUT2D eigenvalue weighted by molar-refractivity contribution is -0.305. The Labute approximate surface area is 136 Å². The average molecular weight is 334 g/mol. The number of benzene rings is 1. The minimum atomic E-state index is -1.11. The highest BCUT2D eigenvalue weighted by molar-refractivity contribution is 6.40. The number of carbonyl (C=O) groups excluding carboxylic acids is 1. The molecule has 1 N–H and O–H groups in total. The summed E-state index contributed by atoms with van der Waals surface area (Å²) in [6, 6.07) is 8.92. The maximum absolute atomic E-state index is 10.8. The van der Waals surface area contributed by atoms with Gasteiger partial charge >= 0.3 is 0 Å². The Kier molecular flexibility index (Phi) is 4.05. The Hall–Kier alpha value is -2.04. The number of hydrogen-bond acceptors (Lipinski definition) is 3. The number of aliphatic carboxylic acids is 1. The zero-order valence-corrected chi connectivity index (χ0v) is 12.9. The van der Waals surface area contributed by atoms with Crippen molar-refractivity contribution in [3.63, 3.8) is 0 Å². The number of carbonyl (C=O) groups is 1. The van der Waals surface area contributed by atoms with E-state index >= 15 is 0 Å². The number of carboxylic acid groups (broad SMARTS) is 1. The summed E-state index contributed by atoms with van der Waals surface area (Å²) in [6.07, 6.45) is 1.86. The Balaban J connectivity index is 2.26. The van der Waals surface area contributed by atoms with Crippen LogP contribution in [0.5, 0.6) is 0 Å². The highest BCUT2D eigenvalue weighted by Gasteiger charge is 2.18. The number of carboxylic acids is 1. The quantitative estimate of drug-likeness (QED) is 0.796. The smallest absolute Gasteiger partial charge is 0.0867 e. The first-order valence-corrected chi connectivity index (χ1v) is 7.43. The molecule has 4 nitrogen and oxygen atoms in total. The van der Waals surface area contributed by atoms with Gasteiger partial charge < -0.3 is 14.9 Å². The summed E-state index contributed by atoms with van der Waals surface area (Å²) in [7, 11) is 0. The molecule has 3 aromatic rings. The van der Waals surface area contributed by atoms with Crippen molar-refractivity contribution < 1.29 is 9.90 Å². The van der Waals surface area contributed by atoms with Crippen molar-refractivity contribution in [1.82, 2.24) is 9.97 Å². The molecule has 3 rings (SSSR count). The first kappa shape index (κ1) is 14.9. The van der Waals surface area contributed by atoms with Gasteiger partial charge in [-0.2, -0.15) is 0 Å². The Morgan fingerprint density at radius 3 is 2.64 bits per heavy atom. The average Bonchev–Trinajstić information content (AvgIpc) is 2.90. The second-order valence-electron chi connectivity index (χ2n) is 4.84. The number of rotatable bonds is 4. The molecule has 112 valence electrons. The topological polar surface area (TPSA) is 68.8 Å². The SMILES string of the molecule is O=C([O-])CCc1c(-c2ccccn2)[nH]c2c(Cl)ccc(Cl)c12. The predicted molar refractivity (Wildman–Crippen MR) is 84.9 cm³/mol. The summed E-state index contributed by atoms with van der Waals surface area (Å²) in [6.45, 7) is 0. The fourth-order valence-corrected chi connectivity index (χ4v) is 2.98. The van der Waals surface area contributed by atoms with Crippen LogP contribution >= 0.6 is 23.2 Å². The Morgan fingerprint density at radius 1 is 1.18 bits per heavy atom. The van der Waals surface area contributed by atoms with Crippen LogP contribution in [0.2, 0.25) is 10.0 Å². The van der Waals surface area contributed by atoms with Crippen molar-refractivity contribution in [1.29, 1.82) is 0 Å². The minimum absolute atomic E-state index is 0.102. The fourth-order valence-electron chi connectivity index (χ4n) is 2.50. The fraction of sp³-hybridized carbons (Fsp3) is 0.125. The number of aryl methyl sites for hydroxylation is 1. The third kappa shape index (κ3) is 2.67. The summed E-state index contributed by atoms with van der Waals surface area (Å²) in [5.41, 5.74) is 2.90. The number of aromatic amines is 1. The molecule has 0 aliphatic carbocycles. The molecule has 0 bridgehead atoms. The van der Waals surface area contributed by atoms with E-state index in [0.717, 1.165) is 16.6 Å². The lowest BCUT2D eigenvalue weighted by atomic mass is 10.0. The normalized spacial score (nSPS) is 11.0. The molecule has 0 aliphatic heterocycles. The van der Waals surface area contributed by atoms with Gasteiger partial charge in [-0.1, -0.05) is 29.3 Å². The maximum Gasteiger partial charge on any atom is 0.0867 e. The van der Waals surface area contributed by atoms with Crippen molar-refractivity contribution in [3.8, 4) is 11.4 Å². The van der Waals surface area contributed by atoms with E-state index in [9.17, 15) is 9.90 Å². The Bertz CT molecular complexity index is 844. The van der Waals surface area contributed by atoms with Gasteiger partial charge in [-0.3, -0.25) is 4.98 Å². The second kappa shape index (κ2) is 5.99. The van der Waals surface area contributed by atoms with Crippen LogP contribution in [-0.4, -0.2) is 15.9 Å². The van der Waals surface area contributed by atoms with E-state index in [0.29, 0.717) is 21.3 Å². The number of nitrogens with one attached hydrogen (secondary N) is 1. The third-order valence-electron chi connectivity index (χ3n) is 3.46. The predicted octanol–water partition coefficient (Wildman–Crippen LogP) is 3.22. The molecule has 0 radical (unpaired) electrons. The highest BCUT2D eigenvalue weighted by Crippen LogP contribution is 2.37. The minimum Gasteiger partial charge on any atom is -0.550 e. The molecule has 22 heavy (non-hydrogen) atoms. The van der Waals surface area contributed by atoms with Crippen molar-refractivity contribution in [2.45, 2.75) is 12.8 Å². The molecule has 0 amide bonds. The van der Waals surface area contributed by atoms with Gasteiger partial charge in [-0.25, -0.2) is 0 Å². The first-order valence-electron chi connectivity index (χ1n) is 6.67. The van der Waals surface area contributed by atoms with Crippen LogP contribution in [0.25, 0.3) is 22.3 Å². The van der Waals surface area contributed by atoms with Crippen molar-refractivity contribution in [3.05, 3.63) is 52.1 Å². The number of halogens is 2. The van der Waals surface area contributed by atoms with Crippen LogP contribution < -0.4 is 5.11 Å². The lowest BCUT2D eigenvalue weighted by Gasteiger charge is -2.06. The summed E-state index contributed by atoms with van der Waals surface area (Å²) in [4.78, 5) is 18.4. The van der Waals surface area contributed by atoms with Crippen LogP contribution in [0.15, 0.2) is 36.5 Å². The highest BCUT2D eigenvalue weighted by atomic mass is 35.5. The molecule has 0 atom stereocenters. The van der Waals surface area contributed by atoms with Gasteiger partial charge in [-0.05, 0) is 42.7 Å². The second-order valence-corrected chi connectivity index (χ2v) is 5.66. The molecule has 2 aromatic heterocycles. The zero-order valence-electron chi connectivity index (χ0n) is 11.4. The van der Waals surface area contributed by atoms with E-state index < -0.39 is 5.97 Å². The molecular weight excluding hydrogens is 323 g/mol. The maximum atomic E-state index is 10.8. The zero-order chi connectivity index (χ0) is 15.7. The van der Waals surface area contributed by atoms with Crippen molar-refractivity contribution in [2.24, 2.45) is 0 Å². The number of pyridine rings is 1. The molecule has 2 heterocycles. The van der Waals surface area contributed by atoms with Crippen LogP contribution in [0.4, 0.5) is 0 Å². The molecule has 0 unspecified atom stereocenters. The monoisotopic (exact) mass is 333 g/mol. The summed E-state index contributed by atoms with van der Waals surface area (Å²) in [5, 5.41) is 12.6. The van der Waals surface area contributed by atoms with Crippen molar-refractivity contribution >= 4 is 40.1 Å². The van der Waals surface area contributed by atoms with Gasteiger partial charge in [0.2, 0.25) is 0 Å². The number of H-pyrrole nitrogens is 1. The molecular formula is C16H11Cl2N2O2-. The van der Waals surface area contributed by atoms with E-state index in [1.54, 1.807) is 18.3 Å². The molecule has 0 spiro atoms. The summed E-state index contributed by atoms with van der Waals surface area (Å²) in [5.74, 6) is -1.11. The van der Waals surface area contributed by atoms with Gasteiger partial charge in [0.05, 0.1) is 26.9 Å². The van der Waals surface area contributed by atoms with Crippen LogP contribution in [-0.2, 0) is 11.2 Å². The largest absolute Gasteiger partial charge is 0.550 e. The number of nitrogens with zero attached hydrogens (tertiary/aromatic N) is 1. The molecule has 0 saturated heterocycles. The van der Waals surface area contributed by atoms with Gasteiger partial charge in [0, 0.05) is 17.6 Å². The van der Waals surface area contributed by atoms with Gasteiger partial charge in [0.15, 0.2) is 0 Å².